The number of ether oxygens (including phenoxy) is 1. The zero-order chi connectivity index (χ0) is 9.84. The van der Waals surface area contributed by atoms with Gasteiger partial charge in [0.25, 0.3) is 0 Å². The Hall–Kier alpha value is -1.05. The normalized spacial score (nSPS) is 13.0. The average molecular weight is 179 g/mol. The SMILES string of the molecule is Cc1ccc(OC(C)C(C)C)nc1. The topological polar surface area (TPSA) is 22.1 Å². The van der Waals surface area contributed by atoms with Crippen LogP contribution < -0.4 is 4.74 Å². The van der Waals surface area contributed by atoms with E-state index in [0.717, 1.165) is 5.56 Å². The van der Waals surface area contributed by atoms with Crippen molar-refractivity contribution in [3.63, 3.8) is 0 Å². The molecular weight excluding hydrogens is 162 g/mol. The second-order valence-electron chi connectivity index (χ2n) is 3.74. The Morgan fingerprint density at radius 1 is 1.23 bits per heavy atom. The Bertz CT molecular complexity index is 253. The second-order valence-corrected chi connectivity index (χ2v) is 3.74. The molecule has 13 heavy (non-hydrogen) atoms. The molecule has 0 aliphatic rings. The van der Waals surface area contributed by atoms with Crippen LogP contribution in [-0.2, 0) is 0 Å². The third-order valence-electron chi connectivity index (χ3n) is 2.13. The molecule has 1 unspecified atom stereocenters. The van der Waals surface area contributed by atoms with Gasteiger partial charge in [0.05, 0.1) is 6.10 Å². The molecule has 1 aromatic heterocycles. The molecule has 1 rings (SSSR count). The molecule has 0 aliphatic carbocycles. The van der Waals surface area contributed by atoms with Crippen LogP contribution in [0.25, 0.3) is 0 Å². The summed E-state index contributed by atoms with van der Waals surface area (Å²) in [5, 5.41) is 0. The lowest BCUT2D eigenvalue weighted by molar-refractivity contribution is 0.163. The minimum Gasteiger partial charge on any atom is -0.474 e. The first kappa shape index (κ1) is 10.0. The highest BCUT2D eigenvalue weighted by Gasteiger charge is 2.08. The summed E-state index contributed by atoms with van der Waals surface area (Å²) in [6, 6.07) is 3.92. The van der Waals surface area contributed by atoms with Crippen molar-refractivity contribution < 1.29 is 4.74 Å². The third kappa shape index (κ3) is 3.05. The first-order chi connectivity index (χ1) is 6.09. The van der Waals surface area contributed by atoms with Gasteiger partial charge in [-0.2, -0.15) is 0 Å². The summed E-state index contributed by atoms with van der Waals surface area (Å²) < 4.78 is 5.62. The highest BCUT2D eigenvalue weighted by atomic mass is 16.5. The third-order valence-corrected chi connectivity index (χ3v) is 2.13. The van der Waals surface area contributed by atoms with Crippen molar-refractivity contribution in [2.24, 2.45) is 5.92 Å². The standard InChI is InChI=1S/C11H17NO/c1-8(2)10(4)13-11-6-5-9(3)7-12-11/h5-8,10H,1-4H3. The minimum absolute atomic E-state index is 0.218. The summed E-state index contributed by atoms with van der Waals surface area (Å²) in [6.07, 6.45) is 2.04. The molecule has 0 bridgehead atoms. The maximum absolute atomic E-state index is 5.62. The Morgan fingerprint density at radius 3 is 2.38 bits per heavy atom. The van der Waals surface area contributed by atoms with Crippen LogP contribution in [0, 0.1) is 12.8 Å². The van der Waals surface area contributed by atoms with Crippen molar-refractivity contribution in [3.05, 3.63) is 23.9 Å². The molecule has 0 saturated heterocycles. The number of hydrogen-bond donors (Lipinski definition) is 0. The molecule has 1 heterocycles. The van der Waals surface area contributed by atoms with Gasteiger partial charge >= 0.3 is 0 Å². The first-order valence-electron chi connectivity index (χ1n) is 4.69. The van der Waals surface area contributed by atoms with E-state index in [1.165, 1.54) is 0 Å². The van der Waals surface area contributed by atoms with Gasteiger partial charge in [0, 0.05) is 12.3 Å². The molecule has 1 atom stereocenters. The van der Waals surface area contributed by atoms with Gasteiger partial charge in [0.15, 0.2) is 0 Å². The van der Waals surface area contributed by atoms with E-state index in [1.54, 1.807) is 0 Å². The van der Waals surface area contributed by atoms with Crippen molar-refractivity contribution in [2.45, 2.75) is 33.8 Å². The largest absolute Gasteiger partial charge is 0.474 e. The molecule has 0 fully saturated rings. The quantitative estimate of drug-likeness (QED) is 0.711. The van der Waals surface area contributed by atoms with E-state index in [0.29, 0.717) is 11.8 Å². The number of nitrogens with zero attached hydrogens (tertiary/aromatic N) is 1. The molecule has 0 spiro atoms. The summed E-state index contributed by atoms with van der Waals surface area (Å²) in [4.78, 5) is 4.18. The maximum Gasteiger partial charge on any atom is 0.213 e. The van der Waals surface area contributed by atoms with E-state index in [1.807, 2.05) is 25.3 Å². The van der Waals surface area contributed by atoms with Gasteiger partial charge in [-0.3, -0.25) is 0 Å². The first-order valence-corrected chi connectivity index (χ1v) is 4.69. The molecule has 0 N–H and O–H groups in total. The van der Waals surface area contributed by atoms with Crippen LogP contribution >= 0.6 is 0 Å². The second kappa shape index (κ2) is 4.26. The number of hydrogen-bond acceptors (Lipinski definition) is 2. The number of rotatable bonds is 3. The van der Waals surface area contributed by atoms with Gasteiger partial charge in [-0.05, 0) is 25.3 Å². The number of aryl methyl sites for hydroxylation is 1. The van der Waals surface area contributed by atoms with Gasteiger partial charge in [-0.15, -0.1) is 0 Å². The van der Waals surface area contributed by atoms with Crippen molar-refractivity contribution in [1.29, 1.82) is 0 Å². The molecule has 0 amide bonds. The fourth-order valence-corrected chi connectivity index (χ4v) is 0.850. The van der Waals surface area contributed by atoms with Gasteiger partial charge in [-0.25, -0.2) is 4.98 Å². The van der Waals surface area contributed by atoms with E-state index in [4.69, 9.17) is 4.74 Å². The lowest BCUT2D eigenvalue weighted by atomic mass is 10.1. The van der Waals surface area contributed by atoms with Crippen molar-refractivity contribution in [2.75, 3.05) is 0 Å². The van der Waals surface area contributed by atoms with E-state index >= 15 is 0 Å². The Balaban J connectivity index is 2.59. The van der Waals surface area contributed by atoms with Gasteiger partial charge in [-0.1, -0.05) is 19.9 Å². The van der Waals surface area contributed by atoms with E-state index < -0.39 is 0 Å². The number of pyridine rings is 1. The lowest BCUT2D eigenvalue weighted by Gasteiger charge is -2.16. The van der Waals surface area contributed by atoms with Crippen molar-refractivity contribution >= 4 is 0 Å². The zero-order valence-corrected chi connectivity index (χ0v) is 8.74. The molecule has 0 radical (unpaired) electrons. The minimum atomic E-state index is 0.218. The summed E-state index contributed by atoms with van der Waals surface area (Å²) >= 11 is 0. The summed E-state index contributed by atoms with van der Waals surface area (Å²) in [6.45, 7) is 8.35. The Kier molecular flexibility index (Phi) is 3.29. The van der Waals surface area contributed by atoms with Crippen LogP contribution in [0.1, 0.15) is 26.3 Å². The molecule has 2 nitrogen and oxygen atoms in total. The Morgan fingerprint density at radius 2 is 1.92 bits per heavy atom. The van der Waals surface area contributed by atoms with Crippen molar-refractivity contribution in [1.82, 2.24) is 4.98 Å². The summed E-state index contributed by atoms with van der Waals surface area (Å²) in [5.74, 6) is 1.23. The summed E-state index contributed by atoms with van der Waals surface area (Å²) in [5.41, 5.74) is 1.16. The Labute approximate surface area is 80.0 Å². The highest BCUT2D eigenvalue weighted by molar-refractivity contribution is 5.16. The van der Waals surface area contributed by atoms with Crippen LogP contribution in [0.4, 0.5) is 0 Å². The van der Waals surface area contributed by atoms with Gasteiger partial charge < -0.3 is 4.74 Å². The molecule has 0 aromatic carbocycles. The molecule has 0 aliphatic heterocycles. The van der Waals surface area contributed by atoms with Gasteiger partial charge in [0.1, 0.15) is 0 Å². The van der Waals surface area contributed by atoms with E-state index in [9.17, 15) is 0 Å². The highest BCUT2D eigenvalue weighted by Crippen LogP contribution is 2.12. The molecule has 72 valence electrons. The maximum atomic E-state index is 5.62. The van der Waals surface area contributed by atoms with Crippen LogP contribution in [0.3, 0.4) is 0 Å². The smallest absolute Gasteiger partial charge is 0.213 e. The molecule has 2 heteroatoms. The molecular formula is C11H17NO. The molecule has 1 aromatic rings. The number of aromatic nitrogens is 1. The van der Waals surface area contributed by atoms with Gasteiger partial charge in [0.2, 0.25) is 5.88 Å². The van der Waals surface area contributed by atoms with Crippen LogP contribution in [-0.4, -0.2) is 11.1 Å². The predicted molar refractivity (Wildman–Crippen MR) is 53.9 cm³/mol. The zero-order valence-electron chi connectivity index (χ0n) is 8.74. The van der Waals surface area contributed by atoms with E-state index in [2.05, 4.69) is 25.8 Å². The van der Waals surface area contributed by atoms with Crippen LogP contribution in [0.2, 0.25) is 0 Å². The monoisotopic (exact) mass is 179 g/mol. The van der Waals surface area contributed by atoms with Crippen LogP contribution in [0.5, 0.6) is 5.88 Å². The van der Waals surface area contributed by atoms with Crippen LogP contribution in [0.15, 0.2) is 18.3 Å². The van der Waals surface area contributed by atoms with Crippen molar-refractivity contribution in [3.8, 4) is 5.88 Å². The summed E-state index contributed by atoms with van der Waals surface area (Å²) in [7, 11) is 0. The molecule has 0 saturated carbocycles. The predicted octanol–water partition coefficient (Wildman–Crippen LogP) is 2.81. The van der Waals surface area contributed by atoms with E-state index in [-0.39, 0.29) is 6.10 Å². The average Bonchev–Trinajstić information content (AvgIpc) is 2.08. The lowest BCUT2D eigenvalue weighted by Crippen LogP contribution is -2.19. The fourth-order valence-electron chi connectivity index (χ4n) is 0.850. The fraction of sp³-hybridized carbons (Fsp3) is 0.545.